The number of benzene rings is 2. The molecule has 3 aromatic rings. The number of nitro groups is 1. The highest BCUT2D eigenvalue weighted by atomic mass is 35.5. The third-order valence-corrected chi connectivity index (χ3v) is 3.46. The Morgan fingerprint density at radius 2 is 1.86 bits per heavy atom. The first-order chi connectivity index (χ1) is 10.6. The van der Waals surface area contributed by atoms with E-state index in [4.69, 9.17) is 16.0 Å². The van der Waals surface area contributed by atoms with Crippen LogP contribution in [0.4, 0.5) is 5.69 Å². The molecule has 0 aliphatic rings. The maximum atomic E-state index is 11.0. The van der Waals surface area contributed by atoms with Crippen molar-refractivity contribution in [3.8, 4) is 22.9 Å². The molecule has 0 amide bonds. The van der Waals surface area contributed by atoms with Gasteiger partial charge in [-0.1, -0.05) is 23.7 Å². The van der Waals surface area contributed by atoms with Gasteiger partial charge in [-0.3, -0.25) is 10.1 Å². The van der Waals surface area contributed by atoms with E-state index in [1.807, 2.05) is 0 Å². The molecule has 0 saturated carbocycles. The van der Waals surface area contributed by atoms with E-state index in [9.17, 15) is 10.1 Å². The fourth-order valence-electron chi connectivity index (χ4n) is 2.12. The molecule has 6 nitrogen and oxygen atoms in total. The van der Waals surface area contributed by atoms with Crippen molar-refractivity contribution in [3.05, 3.63) is 63.2 Å². The normalized spacial score (nSPS) is 10.6. The van der Waals surface area contributed by atoms with E-state index in [1.165, 1.54) is 6.07 Å². The molecule has 22 heavy (non-hydrogen) atoms. The summed E-state index contributed by atoms with van der Waals surface area (Å²) in [7, 11) is 0. The molecule has 3 rings (SSSR count). The van der Waals surface area contributed by atoms with Gasteiger partial charge in [0.05, 0.1) is 4.92 Å². The van der Waals surface area contributed by atoms with Crippen LogP contribution in [0, 0.1) is 17.0 Å². The fourth-order valence-corrected chi connectivity index (χ4v) is 2.31. The predicted octanol–water partition coefficient (Wildman–Crippen LogP) is 4.27. The van der Waals surface area contributed by atoms with Gasteiger partial charge in [-0.05, 0) is 31.2 Å². The zero-order valence-electron chi connectivity index (χ0n) is 11.5. The van der Waals surface area contributed by atoms with Crippen molar-refractivity contribution in [2.75, 3.05) is 0 Å². The second kappa shape index (κ2) is 5.57. The van der Waals surface area contributed by atoms with Crippen LogP contribution in [0.25, 0.3) is 22.9 Å². The summed E-state index contributed by atoms with van der Waals surface area (Å²) in [6.07, 6.45) is 0. The summed E-state index contributed by atoms with van der Waals surface area (Å²) in [6, 6.07) is 11.8. The molecule has 1 aromatic heterocycles. The van der Waals surface area contributed by atoms with Gasteiger partial charge in [0.15, 0.2) is 0 Å². The van der Waals surface area contributed by atoms with Crippen LogP contribution in [0.15, 0.2) is 46.9 Å². The highest BCUT2D eigenvalue weighted by molar-refractivity contribution is 6.30. The summed E-state index contributed by atoms with van der Waals surface area (Å²) in [5.41, 5.74) is 1.72. The summed E-state index contributed by atoms with van der Waals surface area (Å²) >= 11 is 5.93. The lowest BCUT2D eigenvalue weighted by atomic mass is 10.1. The van der Waals surface area contributed by atoms with Crippen molar-refractivity contribution < 1.29 is 9.34 Å². The Bertz CT molecular complexity index is 861. The second-order valence-electron chi connectivity index (χ2n) is 4.63. The van der Waals surface area contributed by atoms with E-state index < -0.39 is 4.92 Å². The number of hydrogen-bond acceptors (Lipinski definition) is 5. The third-order valence-electron chi connectivity index (χ3n) is 3.23. The molecule has 0 bridgehead atoms. The minimum Gasteiger partial charge on any atom is -0.416 e. The lowest BCUT2D eigenvalue weighted by Crippen LogP contribution is -1.93. The first-order valence-electron chi connectivity index (χ1n) is 6.40. The molecule has 0 radical (unpaired) electrons. The summed E-state index contributed by atoms with van der Waals surface area (Å²) in [4.78, 5) is 10.6. The van der Waals surface area contributed by atoms with Gasteiger partial charge < -0.3 is 4.42 Å². The molecular formula is C15H10ClN3O3. The van der Waals surface area contributed by atoms with Gasteiger partial charge in [-0.2, -0.15) is 0 Å². The SMILES string of the molecule is Cc1c(-c2nnc(-c3cccc(Cl)c3)o2)cccc1[N+](=O)[O-]. The highest BCUT2D eigenvalue weighted by Gasteiger charge is 2.18. The maximum Gasteiger partial charge on any atom is 0.273 e. The molecule has 1 heterocycles. The average Bonchev–Trinajstić information content (AvgIpc) is 2.97. The number of halogens is 1. The van der Waals surface area contributed by atoms with Gasteiger partial charge in [-0.25, -0.2) is 0 Å². The van der Waals surface area contributed by atoms with Crippen LogP contribution in [0.5, 0.6) is 0 Å². The molecule has 0 spiro atoms. The quantitative estimate of drug-likeness (QED) is 0.532. The van der Waals surface area contributed by atoms with Gasteiger partial charge in [0.2, 0.25) is 11.8 Å². The van der Waals surface area contributed by atoms with Crippen LogP contribution < -0.4 is 0 Å². The van der Waals surface area contributed by atoms with Crippen LogP contribution in [0.3, 0.4) is 0 Å². The van der Waals surface area contributed by atoms with Crippen molar-refractivity contribution in [3.63, 3.8) is 0 Å². The second-order valence-corrected chi connectivity index (χ2v) is 5.07. The molecular weight excluding hydrogens is 306 g/mol. The number of hydrogen-bond donors (Lipinski definition) is 0. The standard InChI is InChI=1S/C15H10ClN3O3/c1-9-12(6-3-7-13(9)19(20)21)15-18-17-14(22-15)10-4-2-5-11(16)8-10/h2-8H,1H3. The smallest absolute Gasteiger partial charge is 0.273 e. The minimum absolute atomic E-state index is 0.0139. The Labute approximate surface area is 130 Å². The monoisotopic (exact) mass is 315 g/mol. The third kappa shape index (κ3) is 2.56. The number of aromatic nitrogens is 2. The summed E-state index contributed by atoms with van der Waals surface area (Å²) in [6.45, 7) is 1.65. The van der Waals surface area contributed by atoms with Crippen LogP contribution in [-0.4, -0.2) is 15.1 Å². The van der Waals surface area contributed by atoms with Crippen LogP contribution in [0.2, 0.25) is 5.02 Å². The minimum atomic E-state index is -0.437. The van der Waals surface area contributed by atoms with Crippen LogP contribution in [0.1, 0.15) is 5.56 Å². The highest BCUT2D eigenvalue weighted by Crippen LogP contribution is 2.31. The molecule has 0 N–H and O–H groups in total. The number of nitro benzene ring substituents is 1. The van der Waals surface area contributed by atoms with Crippen molar-refractivity contribution in [2.24, 2.45) is 0 Å². The Morgan fingerprint density at radius 1 is 1.14 bits per heavy atom. The molecule has 0 unspecified atom stereocenters. The Kier molecular flexibility index (Phi) is 3.60. The summed E-state index contributed by atoms with van der Waals surface area (Å²) in [5, 5.41) is 19.5. The van der Waals surface area contributed by atoms with Gasteiger partial charge in [0.1, 0.15) is 0 Å². The van der Waals surface area contributed by atoms with Crippen molar-refractivity contribution in [1.29, 1.82) is 0 Å². The predicted molar refractivity (Wildman–Crippen MR) is 81.6 cm³/mol. The first-order valence-corrected chi connectivity index (χ1v) is 6.78. The van der Waals surface area contributed by atoms with Crippen molar-refractivity contribution >= 4 is 17.3 Å². The summed E-state index contributed by atoms with van der Waals surface area (Å²) < 4.78 is 5.62. The lowest BCUT2D eigenvalue weighted by molar-refractivity contribution is -0.385. The number of nitrogens with zero attached hydrogens (tertiary/aromatic N) is 3. The van der Waals surface area contributed by atoms with Gasteiger partial charge in [0.25, 0.3) is 5.69 Å². The molecule has 0 fully saturated rings. The van der Waals surface area contributed by atoms with E-state index >= 15 is 0 Å². The molecule has 110 valence electrons. The van der Waals surface area contributed by atoms with E-state index in [1.54, 1.807) is 43.3 Å². The van der Waals surface area contributed by atoms with E-state index in [0.717, 1.165) is 0 Å². The fraction of sp³-hybridized carbons (Fsp3) is 0.0667. The molecule has 0 saturated heterocycles. The Hall–Kier alpha value is -2.73. The van der Waals surface area contributed by atoms with Gasteiger partial charge in [-0.15, -0.1) is 10.2 Å². The largest absolute Gasteiger partial charge is 0.416 e. The molecule has 2 aromatic carbocycles. The van der Waals surface area contributed by atoms with E-state index in [-0.39, 0.29) is 11.6 Å². The summed E-state index contributed by atoms with van der Waals surface area (Å²) in [5.74, 6) is 0.541. The zero-order valence-corrected chi connectivity index (χ0v) is 12.2. The topological polar surface area (TPSA) is 82.1 Å². The Balaban J connectivity index is 2.05. The van der Waals surface area contributed by atoms with Crippen LogP contribution >= 0.6 is 11.6 Å². The first kappa shape index (κ1) is 14.2. The van der Waals surface area contributed by atoms with Gasteiger partial charge >= 0.3 is 0 Å². The van der Waals surface area contributed by atoms with E-state index in [0.29, 0.717) is 27.6 Å². The molecule has 0 aliphatic carbocycles. The van der Waals surface area contributed by atoms with Crippen molar-refractivity contribution in [2.45, 2.75) is 6.92 Å². The Morgan fingerprint density at radius 3 is 2.59 bits per heavy atom. The maximum absolute atomic E-state index is 11.0. The average molecular weight is 316 g/mol. The van der Waals surface area contributed by atoms with Crippen LogP contribution in [-0.2, 0) is 0 Å². The lowest BCUT2D eigenvalue weighted by Gasteiger charge is -2.01. The van der Waals surface area contributed by atoms with Gasteiger partial charge in [0, 0.05) is 27.8 Å². The molecule has 0 aliphatic heterocycles. The van der Waals surface area contributed by atoms with Crippen molar-refractivity contribution in [1.82, 2.24) is 10.2 Å². The molecule has 7 heteroatoms. The van der Waals surface area contributed by atoms with E-state index in [2.05, 4.69) is 10.2 Å². The number of rotatable bonds is 3. The molecule has 0 atom stereocenters. The zero-order chi connectivity index (χ0) is 15.7.